The first-order chi connectivity index (χ1) is 15.0. The summed E-state index contributed by atoms with van der Waals surface area (Å²) >= 11 is 13.2. The van der Waals surface area contributed by atoms with Gasteiger partial charge >= 0.3 is 0 Å². The number of aliphatic carboxylic acids is 1. The second kappa shape index (κ2) is 9.21. The zero-order valence-corrected chi connectivity index (χ0v) is 17.9. The van der Waals surface area contributed by atoms with Crippen LogP contribution in [0, 0.1) is 0 Å². The van der Waals surface area contributed by atoms with Gasteiger partial charge in [-0.15, -0.1) is 16.4 Å². The van der Waals surface area contributed by atoms with Crippen molar-refractivity contribution in [1.82, 2.24) is 25.0 Å². The summed E-state index contributed by atoms with van der Waals surface area (Å²) in [6.07, 6.45) is 3.21. The van der Waals surface area contributed by atoms with E-state index in [4.69, 9.17) is 23.2 Å². The Hall–Kier alpha value is -3.34. The fourth-order valence-corrected chi connectivity index (χ4v) is 3.49. The molecular formula is C19H12Cl2N7O2S-. The number of thiazole rings is 1. The number of carbonyl (C=O) groups excluding carboxylic acids is 1. The Balaban J connectivity index is 1.48. The van der Waals surface area contributed by atoms with Crippen LogP contribution in [-0.2, 0) is 11.3 Å². The van der Waals surface area contributed by atoms with Crippen LogP contribution in [0.15, 0.2) is 59.3 Å². The Morgan fingerprint density at radius 1 is 1.16 bits per heavy atom. The van der Waals surface area contributed by atoms with E-state index >= 15 is 0 Å². The molecular weight excluding hydrogens is 461 g/mol. The zero-order chi connectivity index (χ0) is 21.8. The molecule has 12 heteroatoms. The van der Waals surface area contributed by atoms with Gasteiger partial charge in [0.15, 0.2) is 0 Å². The van der Waals surface area contributed by atoms with Gasteiger partial charge in [-0.1, -0.05) is 40.5 Å². The van der Waals surface area contributed by atoms with Gasteiger partial charge < -0.3 is 9.90 Å². The van der Waals surface area contributed by atoms with E-state index in [1.165, 1.54) is 16.0 Å². The predicted octanol–water partition coefficient (Wildman–Crippen LogP) is 2.99. The maximum Gasteiger partial charge on any atom is 0.203 e. The van der Waals surface area contributed by atoms with Crippen LogP contribution >= 0.6 is 34.5 Å². The summed E-state index contributed by atoms with van der Waals surface area (Å²) in [6, 6.07) is 10.5. The van der Waals surface area contributed by atoms with Crippen molar-refractivity contribution >= 4 is 51.4 Å². The summed E-state index contributed by atoms with van der Waals surface area (Å²) in [5.41, 5.74) is 4.92. The number of rotatable bonds is 7. The van der Waals surface area contributed by atoms with Crippen LogP contribution in [0.4, 0.5) is 5.13 Å². The number of nitrogens with one attached hydrogen (secondary N) is 1. The second-order valence-electron chi connectivity index (χ2n) is 6.14. The molecule has 4 rings (SSSR count). The van der Waals surface area contributed by atoms with Crippen molar-refractivity contribution < 1.29 is 9.90 Å². The van der Waals surface area contributed by atoms with Crippen molar-refractivity contribution in [3.63, 3.8) is 0 Å². The van der Waals surface area contributed by atoms with Crippen molar-refractivity contribution in [3.8, 4) is 22.6 Å². The van der Waals surface area contributed by atoms with Gasteiger partial charge in [-0.05, 0) is 24.3 Å². The fraction of sp³-hybridized carbons (Fsp3) is 0.0526. The number of carbonyl (C=O) groups is 1. The highest BCUT2D eigenvalue weighted by atomic mass is 35.5. The summed E-state index contributed by atoms with van der Waals surface area (Å²) in [4.78, 5) is 20.1. The van der Waals surface area contributed by atoms with Gasteiger partial charge in [0.05, 0.1) is 40.1 Å². The number of anilines is 1. The maximum absolute atomic E-state index is 11.5. The summed E-state index contributed by atoms with van der Waals surface area (Å²) in [5.74, 6) is -1.44. The number of pyridine rings is 1. The Bertz CT molecular complexity index is 1260. The lowest BCUT2D eigenvalue weighted by atomic mass is 10.2. The molecule has 0 saturated carbocycles. The van der Waals surface area contributed by atoms with Gasteiger partial charge in [-0.3, -0.25) is 10.4 Å². The molecule has 3 aromatic heterocycles. The standard InChI is InChI=1S/C19H13Cl2N7O2S/c20-12-5-4-11(7-13(12)21)17-10-31-19(23-17)26-24-16(18(29)30)9-28-8-15(25-27-28)14-3-1-2-6-22-14/h1-8,10H,9H2,(H,23,26)(H,29,30)/p-1/b24-16+. The van der Waals surface area contributed by atoms with Gasteiger partial charge in [0.2, 0.25) is 5.13 Å². The summed E-state index contributed by atoms with van der Waals surface area (Å²) < 4.78 is 1.34. The van der Waals surface area contributed by atoms with E-state index in [0.29, 0.717) is 32.3 Å². The third-order valence-corrected chi connectivity index (χ3v) is 5.51. The smallest absolute Gasteiger partial charge is 0.203 e. The minimum Gasteiger partial charge on any atom is -0.543 e. The molecule has 0 saturated heterocycles. The zero-order valence-electron chi connectivity index (χ0n) is 15.6. The molecule has 0 aliphatic carbocycles. The Kier molecular flexibility index (Phi) is 6.21. The molecule has 0 aliphatic rings. The molecule has 31 heavy (non-hydrogen) atoms. The van der Waals surface area contributed by atoms with Crippen molar-refractivity contribution in [2.24, 2.45) is 5.10 Å². The molecule has 4 aromatic rings. The van der Waals surface area contributed by atoms with E-state index in [-0.39, 0.29) is 12.3 Å². The maximum atomic E-state index is 11.5. The number of aromatic nitrogens is 5. The van der Waals surface area contributed by atoms with Crippen LogP contribution in [0.2, 0.25) is 10.0 Å². The quantitative estimate of drug-likeness (QED) is 0.324. The van der Waals surface area contributed by atoms with Gasteiger partial charge in [-0.2, -0.15) is 5.10 Å². The van der Waals surface area contributed by atoms with Crippen LogP contribution in [-0.4, -0.2) is 36.6 Å². The number of nitrogens with zero attached hydrogens (tertiary/aromatic N) is 6. The largest absolute Gasteiger partial charge is 0.543 e. The fourth-order valence-electron chi connectivity index (χ4n) is 2.53. The molecule has 0 atom stereocenters. The number of hydrazone groups is 1. The molecule has 0 fully saturated rings. The number of halogens is 2. The number of carboxylic acids is 1. The lowest BCUT2D eigenvalue weighted by Gasteiger charge is -2.07. The minimum absolute atomic E-state index is 0.153. The van der Waals surface area contributed by atoms with Crippen molar-refractivity contribution in [2.75, 3.05) is 5.43 Å². The highest BCUT2D eigenvalue weighted by molar-refractivity contribution is 7.14. The number of hydrogen-bond acceptors (Lipinski definition) is 9. The lowest BCUT2D eigenvalue weighted by molar-refractivity contribution is -0.294. The van der Waals surface area contributed by atoms with Crippen molar-refractivity contribution in [1.29, 1.82) is 0 Å². The second-order valence-corrected chi connectivity index (χ2v) is 7.81. The van der Waals surface area contributed by atoms with E-state index in [1.54, 1.807) is 48.1 Å². The molecule has 0 aliphatic heterocycles. The van der Waals surface area contributed by atoms with Gasteiger partial charge in [-0.25, -0.2) is 9.67 Å². The monoisotopic (exact) mass is 472 g/mol. The number of carboxylic acid groups (broad SMARTS) is 1. The minimum atomic E-state index is -1.44. The van der Waals surface area contributed by atoms with Crippen LogP contribution < -0.4 is 10.5 Å². The van der Waals surface area contributed by atoms with Crippen molar-refractivity contribution in [3.05, 3.63) is 64.2 Å². The lowest BCUT2D eigenvalue weighted by Crippen LogP contribution is -2.35. The van der Waals surface area contributed by atoms with Gasteiger partial charge in [0.25, 0.3) is 0 Å². The first-order valence-electron chi connectivity index (χ1n) is 8.76. The molecule has 1 N–H and O–H groups in total. The van der Waals surface area contributed by atoms with Crippen LogP contribution in [0.25, 0.3) is 22.6 Å². The van der Waals surface area contributed by atoms with E-state index in [1.807, 2.05) is 6.07 Å². The van der Waals surface area contributed by atoms with Crippen molar-refractivity contribution in [2.45, 2.75) is 6.54 Å². The van der Waals surface area contributed by atoms with Gasteiger partial charge in [0.1, 0.15) is 11.4 Å². The molecule has 0 amide bonds. The van der Waals surface area contributed by atoms with E-state index in [9.17, 15) is 9.90 Å². The van der Waals surface area contributed by atoms with E-state index in [0.717, 1.165) is 5.56 Å². The predicted molar refractivity (Wildman–Crippen MR) is 117 cm³/mol. The molecule has 0 bridgehead atoms. The molecule has 0 radical (unpaired) electrons. The average Bonchev–Trinajstić information content (AvgIpc) is 3.43. The molecule has 156 valence electrons. The third kappa shape index (κ3) is 5.05. The highest BCUT2D eigenvalue weighted by Gasteiger charge is 2.10. The Labute approximate surface area is 190 Å². The Morgan fingerprint density at radius 3 is 2.77 bits per heavy atom. The molecule has 0 unspecified atom stereocenters. The number of hydrogen-bond donors (Lipinski definition) is 1. The molecule has 1 aromatic carbocycles. The average molecular weight is 473 g/mol. The first kappa shape index (κ1) is 20.9. The topological polar surface area (TPSA) is 121 Å². The Morgan fingerprint density at radius 2 is 2.03 bits per heavy atom. The highest BCUT2D eigenvalue weighted by Crippen LogP contribution is 2.30. The molecule has 0 spiro atoms. The van der Waals surface area contributed by atoms with Crippen LogP contribution in [0.3, 0.4) is 0 Å². The molecule has 9 nitrogen and oxygen atoms in total. The summed E-state index contributed by atoms with van der Waals surface area (Å²) in [5, 5.41) is 26.4. The summed E-state index contributed by atoms with van der Waals surface area (Å²) in [7, 11) is 0. The normalized spacial score (nSPS) is 11.5. The van der Waals surface area contributed by atoms with E-state index in [2.05, 4.69) is 30.8 Å². The van der Waals surface area contributed by atoms with Crippen LogP contribution in [0.1, 0.15) is 0 Å². The first-order valence-corrected chi connectivity index (χ1v) is 10.4. The number of benzene rings is 1. The molecule has 3 heterocycles. The SMILES string of the molecule is O=C([O-])/C(Cn1cc(-c2ccccn2)nn1)=N/Nc1nc(-c2ccc(Cl)c(Cl)c2)cs1. The van der Waals surface area contributed by atoms with Crippen LogP contribution in [0.5, 0.6) is 0 Å². The third-order valence-electron chi connectivity index (χ3n) is 4.02. The van der Waals surface area contributed by atoms with Gasteiger partial charge in [0, 0.05) is 17.1 Å². The van der Waals surface area contributed by atoms with E-state index < -0.39 is 5.97 Å². The summed E-state index contributed by atoms with van der Waals surface area (Å²) in [6.45, 7) is -0.153.